The number of fused-ring (bicyclic) bond motifs is 1. The maximum absolute atomic E-state index is 9.03. The van der Waals surface area contributed by atoms with Crippen molar-refractivity contribution in [2.45, 2.75) is 12.5 Å². The summed E-state index contributed by atoms with van der Waals surface area (Å²) in [5, 5.41) is 15.3. The van der Waals surface area contributed by atoms with E-state index in [1.165, 1.54) is 0 Å². The summed E-state index contributed by atoms with van der Waals surface area (Å²) in [6.45, 7) is -0.00874. The second-order valence-corrected chi connectivity index (χ2v) is 4.06. The van der Waals surface area contributed by atoms with E-state index in [1.807, 2.05) is 30.5 Å². The Hall–Kier alpha value is -1.94. The molecular weight excluding hydrogens is 216 g/mol. The summed E-state index contributed by atoms with van der Waals surface area (Å²) < 4.78 is 0. The fraction of sp³-hybridized carbons (Fsp3) is 0.231. The molecule has 0 aliphatic carbocycles. The van der Waals surface area contributed by atoms with E-state index in [0.29, 0.717) is 6.42 Å². The van der Waals surface area contributed by atoms with Crippen LogP contribution in [0.5, 0.6) is 0 Å². The number of benzene rings is 1. The average molecular weight is 228 g/mol. The Labute approximate surface area is 98.5 Å². The Kier molecular flexibility index (Phi) is 2.49. The summed E-state index contributed by atoms with van der Waals surface area (Å²) in [7, 11) is 0. The lowest BCUT2D eigenvalue weighted by Crippen LogP contribution is -2.13. The van der Waals surface area contributed by atoms with E-state index >= 15 is 0 Å². The van der Waals surface area contributed by atoms with Crippen LogP contribution in [-0.2, 0) is 4.84 Å². The maximum Gasteiger partial charge on any atom is 0.156 e. The largest absolute Gasteiger partial charge is 0.392 e. The van der Waals surface area contributed by atoms with Gasteiger partial charge in [-0.3, -0.25) is 4.98 Å². The van der Waals surface area contributed by atoms with Gasteiger partial charge in [-0.2, -0.15) is 0 Å². The molecule has 4 heteroatoms. The van der Waals surface area contributed by atoms with E-state index in [4.69, 9.17) is 9.94 Å². The Morgan fingerprint density at radius 3 is 3.00 bits per heavy atom. The zero-order valence-electron chi connectivity index (χ0n) is 9.21. The van der Waals surface area contributed by atoms with E-state index in [1.54, 1.807) is 6.20 Å². The molecule has 0 fully saturated rings. The molecule has 0 saturated heterocycles. The van der Waals surface area contributed by atoms with Crippen LogP contribution in [0.1, 0.15) is 12.0 Å². The van der Waals surface area contributed by atoms with Crippen LogP contribution in [0.2, 0.25) is 0 Å². The van der Waals surface area contributed by atoms with Gasteiger partial charge in [-0.05, 0) is 5.39 Å². The first kappa shape index (κ1) is 10.2. The van der Waals surface area contributed by atoms with Crippen LogP contribution < -0.4 is 0 Å². The first-order valence-corrected chi connectivity index (χ1v) is 5.55. The highest BCUT2D eigenvalue weighted by Gasteiger charge is 2.22. The van der Waals surface area contributed by atoms with Crippen molar-refractivity contribution in [3.05, 3.63) is 42.2 Å². The minimum Gasteiger partial charge on any atom is -0.392 e. The molecule has 1 aliphatic rings. The summed E-state index contributed by atoms with van der Waals surface area (Å²) in [6.07, 6.45) is 4.04. The van der Waals surface area contributed by atoms with Crippen molar-refractivity contribution in [1.29, 1.82) is 0 Å². The van der Waals surface area contributed by atoms with Gasteiger partial charge in [0.25, 0.3) is 0 Å². The van der Waals surface area contributed by atoms with E-state index < -0.39 is 0 Å². The zero-order valence-corrected chi connectivity index (χ0v) is 9.21. The third kappa shape index (κ3) is 1.76. The topological polar surface area (TPSA) is 54.7 Å². The van der Waals surface area contributed by atoms with E-state index in [-0.39, 0.29) is 12.7 Å². The van der Waals surface area contributed by atoms with Gasteiger partial charge in [0.05, 0.1) is 12.3 Å². The van der Waals surface area contributed by atoms with Gasteiger partial charge in [0.1, 0.15) is 0 Å². The molecule has 0 bridgehead atoms. The Morgan fingerprint density at radius 1 is 1.29 bits per heavy atom. The van der Waals surface area contributed by atoms with Crippen molar-refractivity contribution in [3.63, 3.8) is 0 Å². The molecule has 2 heterocycles. The SMILES string of the molecule is OCC1CC(c2cncc3ccccc23)=NO1. The molecule has 2 aromatic rings. The molecule has 0 amide bonds. The smallest absolute Gasteiger partial charge is 0.156 e. The lowest BCUT2D eigenvalue weighted by Gasteiger charge is -2.04. The number of hydrogen-bond donors (Lipinski definition) is 1. The second-order valence-electron chi connectivity index (χ2n) is 4.06. The molecule has 0 saturated carbocycles. The predicted molar refractivity (Wildman–Crippen MR) is 64.9 cm³/mol. The highest BCUT2D eigenvalue weighted by Crippen LogP contribution is 2.22. The minimum absolute atomic E-state index is 0.00874. The van der Waals surface area contributed by atoms with Gasteiger partial charge in [0.15, 0.2) is 6.10 Å². The van der Waals surface area contributed by atoms with Crippen molar-refractivity contribution in [2.24, 2.45) is 5.16 Å². The number of aliphatic hydroxyl groups is 1. The van der Waals surface area contributed by atoms with Gasteiger partial charge in [-0.25, -0.2) is 0 Å². The summed E-state index contributed by atoms with van der Waals surface area (Å²) in [5.74, 6) is 0. The first-order valence-electron chi connectivity index (χ1n) is 5.55. The van der Waals surface area contributed by atoms with E-state index in [2.05, 4.69) is 10.1 Å². The molecule has 1 N–H and O–H groups in total. The van der Waals surface area contributed by atoms with Crippen LogP contribution in [0, 0.1) is 0 Å². The number of nitrogens with zero attached hydrogens (tertiary/aromatic N) is 2. The third-order valence-corrected chi connectivity index (χ3v) is 2.92. The number of oxime groups is 1. The number of aliphatic hydroxyl groups excluding tert-OH is 1. The average Bonchev–Trinajstić information content (AvgIpc) is 2.87. The van der Waals surface area contributed by atoms with Crippen molar-refractivity contribution in [3.8, 4) is 0 Å². The molecule has 1 aromatic heterocycles. The van der Waals surface area contributed by atoms with Gasteiger partial charge in [0, 0.05) is 29.8 Å². The van der Waals surface area contributed by atoms with Gasteiger partial charge >= 0.3 is 0 Å². The van der Waals surface area contributed by atoms with E-state index in [0.717, 1.165) is 22.0 Å². The molecule has 17 heavy (non-hydrogen) atoms. The molecule has 0 radical (unpaired) electrons. The number of aromatic nitrogens is 1. The zero-order chi connectivity index (χ0) is 11.7. The van der Waals surface area contributed by atoms with Gasteiger partial charge < -0.3 is 9.94 Å². The standard InChI is InChI=1S/C13H12N2O2/c16-8-10-5-13(15-17-10)12-7-14-6-9-3-1-2-4-11(9)12/h1-4,6-7,10,16H,5,8H2. The second kappa shape index (κ2) is 4.14. The van der Waals surface area contributed by atoms with Crippen LogP contribution in [-0.4, -0.2) is 28.5 Å². The van der Waals surface area contributed by atoms with Crippen molar-refractivity contribution >= 4 is 16.5 Å². The van der Waals surface area contributed by atoms with Gasteiger partial charge in [-0.1, -0.05) is 29.4 Å². The number of hydrogen-bond acceptors (Lipinski definition) is 4. The van der Waals surface area contributed by atoms with Crippen LogP contribution in [0.15, 0.2) is 41.8 Å². The molecule has 1 aliphatic heterocycles. The lowest BCUT2D eigenvalue weighted by molar-refractivity contribution is 0.0390. The summed E-state index contributed by atoms with van der Waals surface area (Å²) >= 11 is 0. The Bertz CT molecular complexity index is 575. The van der Waals surface area contributed by atoms with Crippen LogP contribution in [0.4, 0.5) is 0 Å². The monoisotopic (exact) mass is 228 g/mol. The molecule has 86 valence electrons. The Morgan fingerprint density at radius 2 is 2.18 bits per heavy atom. The summed E-state index contributed by atoms with van der Waals surface area (Å²) in [6, 6.07) is 8.04. The molecule has 1 atom stereocenters. The quantitative estimate of drug-likeness (QED) is 0.851. The van der Waals surface area contributed by atoms with Gasteiger partial charge in [-0.15, -0.1) is 0 Å². The van der Waals surface area contributed by atoms with Crippen molar-refractivity contribution < 1.29 is 9.94 Å². The molecule has 3 rings (SSSR count). The van der Waals surface area contributed by atoms with Crippen LogP contribution >= 0.6 is 0 Å². The molecule has 0 spiro atoms. The number of rotatable bonds is 2. The number of pyridine rings is 1. The predicted octanol–water partition coefficient (Wildman–Crippen LogP) is 1.72. The van der Waals surface area contributed by atoms with Crippen molar-refractivity contribution in [1.82, 2.24) is 4.98 Å². The van der Waals surface area contributed by atoms with Crippen LogP contribution in [0.3, 0.4) is 0 Å². The fourth-order valence-electron chi connectivity index (χ4n) is 2.03. The molecular formula is C13H12N2O2. The first-order chi connectivity index (χ1) is 8.38. The minimum atomic E-state index is -0.219. The molecule has 1 aromatic carbocycles. The normalized spacial score (nSPS) is 19.1. The fourth-order valence-corrected chi connectivity index (χ4v) is 2.03. The molecule has 1 unspecified atom stereocenters. The maximum atomic E-state index is 9.03. The summed E-state index contributed by atoms with van der Waals surface area (Å²) in [4.78, 5) is 9.34. The highest BCUT2D eigenvalue weighted by atomic mass is 16.6. The van der Waals surface area contributed by atoms with E-state index in [9.17, 15) is 0 Å². The lowest BCUT2D eigenvalue weighted by atomic mass is 10.0. The summed E-state index contributed by atoms with van der Waals surface area (Å²) in [5.41, 5.74) is 1.84. The third-order valence-electron chi connectivity index (χ3n) is 2.92. The van der Waals surface area contributed by atoms with Gasteiger partial charge in [0.2, 0.25) is 0 Å². The highest BCUT2D eigenvalue weighted by molar-refractivity contribution is 6.10. The van der Waals surface area contributed by atoms with Crippen molar-refractivity contribution in [2.75, 3.05) is 6.61 Å². The molecule has 4 nitrogen and oxygen atoms in total. The van der Waals surface area contributed by atoms with Crippen LogP contribution in [0.25, 0.3) is 10.8 Å². The Balaban J connectivity index is 2.07.